The van der Waals surface area contributed by atoms with Gasteiger partial charge in [-0.25, -0.2) is 0 Å². The maximum atomic E-state index is 11.9. The van der Waals surface area contributed by atoms with E-state index in [4.69, 9.17) is 0 Å². The van der Waals surface area contributed by atoms with Crippen LogP contribution in [-0.4, -0.2) is 17.4 Å². The molecule has 0 aliphatic rings. The molecule has 0 heterocycles. The lowest BCUT2D eigenvalue weighted by molar-refractivity contribution is -0.384. The van der Waals surface area contributed by atoms with Crippen molar-refractivity contribution in [3.63, 3.8) is 0 Å². The lowest BCUT2D eigenvalue weighted by Crippen LogP contribution is -2.22. The summed E-state index contributed by atoms with van der Waals surface area (Å²) in [6, 6.07) is 11.7. The monoisotopic (exact) mass is 299 g/mol. The molecule has 114 valence electrons. The molecule has 0 saturated carbocycles. The van der Waals surface area contributed by atoms with Gasteiger partial charge in [-0.05, 0) is 37.1 Å². The highest BCUT2D eigenvalue weighted by Gasteiger charge is 2.08. The maximum Gasteiger partial charge on any atom is 0.271 e. The van der Waals surface area contributed by atoms with E-state index in [1.807, 2.05) is 32.0 Å². The topological polar surface area (TPSA) is 84.3 Å². The number of hydrogen-bond acceptors (Lipinski definition) is 4. The van der Waals surface area contributed by atoms with Gasteiger partial charge in [0, 0.05) is 23.5 Å². The third-order valence-electron chi connectivity index (χ3n) is 3.38. The number of aryl methyl sites for hydroxylation is 1. The van der Waals surface area contributed by atoms with Gasteiger partial charge < -0.3 is 10.6 Å². The summed E-state index contributed by atoms with van der Waals surface area (Å²) in [6.07, 6.45) is 0. The van der Waals surface area contributed by atoms with E-state index in [2.05, 4.69) is 10.6 Å². The Morgan fingerprint density at radius 2 is 1.91 bits per heavy atom. The Morgan fingerprint density at radius 3 is 2.64 bits per heavy atom. The summed E-state index contributed by atoms with van der Waals surface area (Å²) in [7, 11) is 0. The SMILES string of the molecule is Cc1cccc(NCC(=O)Nc2cccc([N+](=O)[O-])c2)c1C. The highest BCUT2D eigenvalue weighted by Crippen LogP contribution is 2.18. The van der Waals surface area contributed by atoms with E-state index in [0.29, 0.717) is 5.69 Å². The first-order valence-corrected chi connectivity index (χ1v) is 6.82. The Balaban J connectivity index is 1.97. The second-order valence-electron chi connectivity index (χ2n) is 4.96. The van der Waals surface area contributed by atoms with Crippen molar-refractivity contribution in [3.8, 4) is 0 Å². The summed E-state index contributed by atoms with van der Waals surface area (Å²) in [6.45, 7) is 4.08. The molecule has 2 rings (SSSR count). The van der Waals surface area contributed by atoms with Crippen molar-refractivity contribution in [1.82, 2.24) is 0 Å². The second kappa shape index (κ2) is 6.71. The minimum atomic E-state index is -0.496. The van der Waals surface area contributed by atoms with Crippen molar-refractivity contribution in [3.05, 3.63) is 63.7 Å². The van der Waals surface area contributed by atoms with E-state index in [9.17, 15) is 14.9 Å². The van der Waals surface area contributed by atoms with Gasteiger partial charge in [0.1, 0.15) is 0 Å². The average Bonchev–Trinajstić information content (AvgIpc) is 2.49. The third kappa shape index (κ3) is 3.82. The van der Waals surface area contributed by atoms with Gasteiger partial charge >= 0.3 is 0 Å². The number of non-ortho nitro benzene ring substituents is 1. The minimum Gasteiger partial charge on any atom is -0.376 e. The van der Waals surface area contributed by atoms with E-state index >= 15 is 0 Å². The molecule has 0 bridgehead atoms. The van der Waals surface area contributed by atoms with E-state index in [1.165, 1.54) is 18.2 Å². The molecule has 0 saturated heterocycles. The molecule has 0 aromatic heterocycles. The van der Waals surface area contributed by atoms with Gasteiger partial charge in [-0.3, -0.25) is 14.9 Å². The van der Waals surface area contributed by atoms with E-state index in [0.717, 1.165) is 16.8 Å². The molecule has 2 aromatic carbocycles. The number of carbonyl (C=O) groups excluding carboxylic acids is 1. The third-order valence-corrected chi connectivity index (χ3v) is 3.38. The molecule has 0 aliphatic heterocycles. The lowest BCUT2D eigenvalue weighted by Gasteiger charge is -2.11. The first-order chi connectivity index (χ1) is 10.5. The summed E-state index contributed by atoms with van der Waals surface area (Å²) in [5.41, 5.74) is 3.48. The van der Waals surface area contributed by atoms with Crippen LogP contribution in [0.25, 0.3) is 0 Å². The quantitative estimate of drug-likeness (QED) is 0.655. The van der Waals surface area contributed by atoms with Crippen LogP contribution >= 0.6 is 0 Å². The van der Waals surface area contributed by atoms with Gasteiger partial charge in [-0.1, -0.05) is 18.2 Å². The van der Waals surface area contributed by atoms with Crippen molar-refractivity contribution in [1.29, 1.82) is 0 Å². The molecule has 6 nitrogen and oxygen atoms in total. The fourth-order valence-electron chi connectivity index (χ4n) is 2.02. The van der Waals surface area contributed by atoms with Gasteiger partial charge in [0.25, 0.3) is 5.69 Å². The maximum absolute atomic E-state index is 11.9. The molecule has 0 spiro atoms. The fraction of sp³-hybridized carbons (Fsp3) is 0.188. The lowest BCUT2D eigenvalue weighted by atomic mass is 10.1. The van der Waals surface area contributed by atoms with Gasteiger partial charge in [-0.2, -0.15) is 0 Å². The molecule has 2 N–H and O–H groups in total. The van der Waals surface area contributed by atoms with Crippen molar-refractivity contribution in [2.45, 2.75) is 13.8 Å². The zero-order valence-electron chi connectivity index (χ0n) is 12.4. The van der Waals surface area contributed by atoms with Crippen molar-refractivity contribution < 1.29 is 9.72 Å². The summed E-state index contributed by atoms with van der Waals surface area (Å²) in [5, 5.41) is 16.4. The molecule has 0 fully saturated rings. The number of nitrogens with zero attached hydrogens (tertiary/aromatic N) is 1. The largest absolute Gasteiger partial charge is 0.376 e. The number of nitro groups is 1. The summed E-state index contributed by atoms with van der Waals surface area (Å²) < 4.78 is 0. The highest BCUT2D eigenvalue weighted by atomic mass is 16.6. The number of carbonyl (C=O) groups is 1. The van der Waals surface area contributed by atoms with Crippen LogP contribution in [-0.2, 0) is 4.79 Å². The van der Waals surface area contributed by atoms with Gasteiger partial charge in [0.15, 0.2) is 0 Å². The number of nitrogens with one attached hydrogen (secondary N) is 2. The van der Waals surface area contributed by atoms with E-state index in [-0.39, 0.29) is 18.1 Å². The molecule has 0 radical (unpaired) electrons. The summed E-state index contributed by atoms with van der Waals surface area (Å²) in [5.74, 6) is -0.263. The van der Waals surface area contributed by atoms with Crippen molar-refractivity contribution in [2.24, 2.45) is 0 Å². The van der Waals surface area contributed by atoms with Crippen LogP contribution in [0.3, 0.4) is 0 Å². The summed E-state index contributed by atoms with van der Waals surface area (Å²) >= 11 is 0. The standard InChI is InChI=1S/C16H17N3O3/c1-11-5-3-8-15(12(11)2)17-10-16(20)18-13-6-4-7-14(9-13)19(21)22/h3-9,17H,10H2,1-2H3,(H,18,20). The number of anilines is 2. The molecular formula is C16H17N3O3. The molecule has 2 aromatic rings. The van der Waals surface area contributed by atoms with Crippen molar-refractivity contribution in [2.75, 3.05) is 17.2 Å². The van der Waals surface area contributed by atoms with Crippen LogP contribution in [0.5, 0.6) is 0 Å². The van der Waals surface area contributed by atoms with Crippen molar-refractivity contribution >= 4 is 23.0 Å². The predicted octanol–water partition coefficient (Wildman–Crippen LogP) is 3.26. The zero-order valence-corrected chi connectivity index (χ0v) is 12.4. The Hall–Kier alpha value is -2.89. The van der Waals surface area contributed by atoms with E-state index < -0.39 is 4.92 Å². The number of rotatable bonds is 5. The highest BCUT2D eigenvalue weighted by molar-refractivity contribution is 5.94. The smallest absolute Gasteiger partial charge is 0.271 e. The Bertz CT molecular complexity index is 714. The van der Waals surface area contributed by atoms with Gasteiger partial charge in [-0.15, -0.1) is 0 Å². The van der Waals surface area contributed by atoms with Crippen LogP contribution in [0.15, 0.2) is 42.5 Å². The number of hydrogen-bond donors (Lipinski definition) is 2. The van der Waals surface area contributed by atoms with Crippen LogP contribution in [0, 0.1) is 24.0 Å². The summed E-state index contributed by atoms with van der Waals surface area (Å²) in [4.78, 5) is 22.1. The minimum absolute atomic E-state index is 0.0553. The Morgan fingerprint density at radius 1 is 1.18 bits per heavy atom. The second-order valence-corrected chi connectivity index (χ2v) is 4.96. The molecule has 1 amide bonds. The Labute approximate surface area is 128 Å². The zero-order chi connectivity index (χ0) is 16.1. The molecule has 22 heavy (non-hydrogen) atoms. The first-order valence-electron chi connectivity index (χ1n) is 6.82. The number of nitro benzene ring substituents is 1. The first kappa shape index (κ1) is 15.5. The normalized spacial score (nSPS) is 10.1. The van der Waals surface area contributed by atoms with E-state index in [1.54, 1.807) is 6.07 Å². The Kier molecular flexibility index (Phi) is 4.73. The van der Waals surface area contributed by atoms with Gasteiger partial charge in [0.05, 0.1) is 11.5 Å². The molecule has 0 aliphatic carbocycles. The number of benzene rings is 2. The molecule has 6 heteroatoms. The molecular weight excluding hydrogens is 282 g/mol. The van der Waals surface area contributed by atoms with Gasteiger partial charge in [0.2, 0.25) is 5.91 Å². The predicted molar refractivity (Wildman–Crippen MR) is 86.1 cm³/mol. The number of amides is 1. The van der Waals surface area contributed by atoms with Crippen LogP contribution in [0.4, 0.5) is 17.1 Å². The average molecular weight is 299 g/mol. The van der Waals surface area contributed by atoms with Crippen LogP contribution in [0.1, 0.15) is 11.1 Å². The molecule has 0 atom stereocenters. The van der Waals surface area contributed by atoms with Crippen LogP contribution in [0.2, 0.25) is 0 Å². The fourth-order valence-corrected chi connectivity index (χ4v) is 2.02. The molecule has 0 unspecified atom stereocenters. The van der Waals surface area contributed by atoms with Crippen LogP contribution < -0.4 is 10.6 Å².